The third-order valence-electron chi connectivity index (χ3n) is 3.31. The number of anilines is 1. The molecule has 0 heterocycles. The first-order valence-corrected chi connectivity index (χ1v) is 8.27. The molecule has 0 bridgehead atoms. The lowest BCUT2D eigenvalue weighted by molar-refractivity contribution is -0.125. The molecule has 2 rings (SSSR count). The van der Waals surface area contributed by atoms with Gasteiger partial charge in [0.2, 0.25) is 5.91 Å². The quantitative estimate of drug-likeness (QED) is 0.670. The number of hydrogen-bond acceptors (Lipinski definition) is 1. The highest BCUT2D eigenvalue weighted by atomic mass is 79.9. The van der Waals surface area contributed by atoms with Crippen LogP contribution in [0, 0.1) is 5.41 Å². The molecule has 0 radical (unpaired) electrons. The van der Waals surface area contributed by atoms with Crippen LogP contribution < -0.4 is 4.90 Å². The molecule has 0 spiro atoms. The SMILES string of the molecule is CC(C)(C)C(=O)N(Cc1ccccc1Cl)c1ccc(Br)cc1. The molecule has 0 aliphatic carbocycles. The third-order valence-corrected chi connectivity index (χ3v) is 4.21. The first kappa shape index (κ1) is 17.0. The monoisotopic (exact) mass is 379 g/mol. The maximum Gasteiger partial charge on any atom is 0.232 e. The van der Waals surface area contributed by atoms with Gasteiger partial charge in [0.25, 0.3) is 0 Å². The number of nitrogens with zero attached hydrogens (tertiary/aromatic N) is 1. The normalized spacial score (nSPS) is 11.3. The lowest BCUT2D eigenvalue weighted by atomic mass is 9.94. The van der Waals surface area contributed by atoms with Crippen molar-refractivity contribution < 1.29 is 4.79 Å². The van der Waals surface area contributed by atoms with Crippen molar-refractivity contribution in [1.82, 2.24) is 0 Å². The predicted molar refractivity (Wildman–Crippen MR) is 96.2 cm³/mol. The Morgan fingerprint density at radius 1 is 1.09 bits per heavy atom. The van der Waals surface area contributed by atoms with Gasteiger partial charge in [0.1, 0.15) is 0 Å². The highest BCUT2D eigenvalue weighted by molar-refractivity contribution is 9.10. The minimum absolute atomic E-state index is 0.0646. The van der Waals surface area contributed by atoms with Crippen LogP contribution in [0.15, 0.2) is 53.0 Å². The Bertz CT molecular complexity index is 662. The van der Waals surface area contributed by atoms with Crippen molar-refractivity contribution in [3.8, 4) is 0 Å². The highest BCUT2D eigenvalue weighted by Gasteiger charge is 2.28. The lowest BCUT2D eigenvalue weighted by Crippen LogP contribution is -2.39. The molecule has 1 amide bonds. The summed E-state index contributed by atoms with van der Waals surface area (Å²) < 4.78 is 0.983. The van der Waals surface area contributed by atoms with Crippen LogP contribution in [0.3, 0.4) is 0 Å². The molecule has 0 aliphatic heterocycles. The molecule has 116 valence electrons. The van der Waals surface area contributed by atoms with E-state index in [4.69, 9.17) is 11.6 Å². The van der Waals surface area contributed by atoms with Gasteiger partial charge in [0, 0.05) is 20.6 Å². The summed E-state index contributed by atoms with van der Waals surface area (Å²) in [6, 6.07) is 15.4. The Labute approximate surface area is 145 Å². The Morgan fingerprint density at radius 3 is 2.23 bits per heavy atom. The van der Waals surface area contributed by atoms with Gasteiger partial charge in [-0.2, -0.15) is 0 Å². The summed E-state index contributed by atoms with van der Waals surface area (Å²) in [5.41, 5.74) is 1.33. The second-order valence-corrected chi connectivity index (χ2v) is 7.53. The van der Waals surface area contributed by atoms with Crippen LogP contribution in [0.4, 0.5) is 5.69 Å². The van der Waals surface area contributed by atoms with Gasteiger partial charge >= 0.3 is 0 Å². The zero-order valence-corrected chi connectivity index (χ0v) is 15.3. The van der Waals surface area contributed by atoms with E-state index in [2.05, 4.69) is 15.9 Å². The second kappa shape index (κ2) is 6.84. The Morgan fingerprint density at radius 2 is 1.68 bits per heavy atom. The molecule has 0 atom stereocenters. The van der Waals surface area contributed by atoms with Crippen LogP contribution in [0.2, 0.25) is 5.02 Å². The van der Waals surface area contributed by atoms with Crippen LogP contribution in [-0.4, -0.2) is 5.91 Å². The van der Waals surface area contributed by atoms with Gasteiger partial charge in [-0.1, -0.05) is 66.5 Å². The molecule has 0 saturated carbocycles. The summed E-state index contributed by atoms with van der Waals surface area (Å²) in [5.74, 6) is 0.0646. The van der Waals surface area contributed by atoms with Gasteiger partial charge in [0.05, 0.1) is 6.54 Å². The molecule has 0 unspecified atom stereocenters. The molecule has 0 aliphatic rings. The second-order valence-electron chi connectivity index (χ2n) is 6.21. The summed E-state index contributed by atoms with van der Waals surface area (Å²) in [6.07, 6.45) is 0. The van der Waals surface area contributed by atoms with E-state index < -0.39 is 5.41 Å². The van der Waals surface area contributed by atoms with Gasteiger partial charge in [-0.25, -0.2) is 0 Å². The maximum absolute atomic E-state index is 12.8. The molecule has 0 saturated heterocycles. The van der Waals surface area contributed by atoms with Crippen molar-refractivity contribution in [2.45, 2.75) is 27.3 Å². The van der Waals surface area contributed by atoms with Crippen molar-refractivity contribution in [3.05, 3.63) is 63.6 Å². The predicted octanol–water partition coefficient (Wildman–Crippen LogP) is 5.68. The number of benzene rings is 2. The van der Waals surface area contributed by atoms with Crippen LogP contribution in [0.5, 0.6) is 0 Å². The molecule has 4 heteroatoms. The topological polar surface area (TPSA) is 20.3 Å². The van der Waals surface area contributed by atoms with E-state index in [-0.39, 0.29) is 5.91 Å². The van der Waals surface area contributed by atoms with E-state index in [1.807, 2.05) is 69.3 Å². The Hall–Kier alpha value is -1.32. The fourth-order valence-electron chi connectivity index (χ4n) is 2.10. The minimum Gasteiger partial charge on any atom is -0.307 e. The third kappa shape index (κ3) is 4.11. The number of halogens is 2. The summed E-state index contributed by atoms with van der Waals surface area (Å²) in [4.78, 5) is 14.6. The van der Waals surface area contributed by atoms with Gasteiger partial charge < -0.3 is 4.90 Å². The van der Waals surface area contributed by atoms with Crippen molar-refractivity contribution in [2.75, 3.05) is 4.90 Å². The van der Waals surface area contributed by atoms with Crippen LogP contribution in [0.1, 0.15) is 26.3 Å². The van der Waals surface area contributed by atoms with E-state index in [1.165, 1.54) is 0 Å². The summed E-state index contributed by atoms with van der Waals surface area (Å²) >= 11 is 9.68. The lowest BCUT2D eigenvalue weighted by Gasteiger charge is -2.30. The molecule has 2 aromatic carbocycles. The van der Waals surface area contributed by atoms with Crippen LogP contribution >= 0.6 is 27.5 Å². The van der Waals surface area contributed by atoms with Gasteiger partial charge in [-0.15, -0.1) is 0 Å². The molecule has 0 fully saturated rings. The van der Waals surface area contributed by atoms with E-state index in [1.54, 1.807) is 4.90 Å². The number of hydrogen-bond donors (Lipinski definition) is 0. The maximum atomic E-state index is 12.8. The molecule has 22 heavy (non-hydrogen) atoms. The van der Waals surface area contributed by atoms with E-state index in [0.29, 0.717) is 11.6 Å². The zero-order valence-electron chi connectivity index (χ0n) is 12.9. The largest absolute Gasteiger partial charge is 0.307 e. The number of amides is 1. The number of carbonyl (C=O) groups excluding carboxylic acids is 1. The van der Waals surface area contributed by atoms with Crippen molar-refractivity contribution in [2.24, 2.45) is 5.41 Å². The molecule has 0 aromatic heterocycles. The fourth-order valence-corrected chi connectivity index (χ4v) is 2.56. The molecule has 2 aromatic rings. The van der Waals surface area contributed by atoms with Gasteiger partial charge in [0.15, 0.2) is 0 Å². The Balaban J connectivity index is 2.40. The molecule has 0 N–H and O–H groups in total. The smallest absolute Gasteiger partial charge is 0.232 e. The van der Waals surface area contributed by atoms with Crippen LogP contribution in [-0.2, 0) is 11.3 Å². The average molecular weight is 381 g/mol. The van der Waals surface area contributed by atoms with Crippen molar-refractivity contribution >= 4 is 39.1 Å². The van der Waals surface area contributed by atoms with Gasteiger partial charge in [-0.05, 0) is 35.9 Å². The standard InChI is InChI=1S/C18H19BrClNO/c1-18(2,3)17(22)21(15-10-8-14(19)9-11-15)12-13-6-4-5-7-16(13)20/h4-11H,12H2,1-3H3. The molecular weight excluding hydrogens is 362 g/mol. The van der Waals surface area contributed by atoms with E-state index in [0.717, 1.165) is 15.7 Å². The minimum atomic E-state index is -0.464. The van der Waals surface area contributed by atoms with Crippen LogP contribution in [0.25, 0.3) is 0 Å². The van der Waals surface area contributed by atoms with E-state index in [9.17, 15) is 4.79 Å². The van der Waals surface area contributed by atoms with E-state index >= 15 is 0 Å². The Kier molecular flexibility index (Phi) is 5.30. The molecular formula is C18H19BrClNO. The van der Waals surface area contributed by atoms with Gasteiger partial charge in [-0.3, -0.25) is 4.79 Å². The zero-order chi connectivity index (χ0) is 16.3. The highest BCUT2D eigenvalue weighted by Crippen LogP contribution is 2.28. The summed E-state index contributed by atoms with van der Waals surface area (Å²) in [5, 5.41) is 0.673. The summed E-state index contributed by atoms with van der Waals surface area (Å²) in [7, 11) is 0. The van der Waals surface area contributed by atoms with Crippen molar-refractivity contribution in [1.29, 1.82) is 0 Å². The summed E-state index contributed by atoms with van der Waals surface area (Å²) in [6.45, 7) is 6.23. The molecule has 2 nitrogen and oxygen atoms in total. The average Bonchev–Trinajstić information content (AvgIpc) is 2.46. The number of rotatable bonds is 3. The number of carbonyl (C=O) groups is 1. The fraction of sp³-hybridized carbons (Fsp3) is 0.278. The first-order valence-electron chi connectivity index (χ1n) is 7.10. The van der Waals surface area contributed by atoms with Crippen molar-refractivity contribution in [3.63, 3.8) is 0 Å². The first-order chi connectivity index (χ1) is 10.3.